The van der Waals surface area contributed by atoms with E-state index < -0.39 is 0 Å². The number of ether oxygens (including phenoxy) is 1. The monoisotopic (exact) mass is 366 g/mol. The van der Waals surface area contributed by atoms with Crippen molar-refractivity contribution in [2.45, 2.75) is 6.42 Å². The first-order valence-corrected chi connectivity index (χ1v) is 9.71. The number of hydrogen-bond donors (Lipinski definition) is 2. The second-order valence-corrected chi connectivity index (χ2v) is 7.41. The molecule has 4 rings (SSSR count). The Balaban J connectivity index is 1.43. The molecular weight excluding hydrogens is 344 g/mol. The lowest BCUT2D eigenvalue weighted by atomic mass is 10.0. The Morgan fingerprint density at radius 1 is 1.15 bits per heavy atom. The highest BCUT2D eigenvalue weighted by Crippen LogP contribution is 2.30. The van der Waals surface area contributed by atoms with E-state index in [0.717, 1.165) is 54.2 Å². The fraction of sp³-hybridized carbons (Fsp3) is 0.300. The molecule has 0 aliphatic carbocycles. The molecule has 0 saturated carbocycles. The Morgan fingerprint density at radius 3 is 3.00 bits per heavy atom. The molecule has 2 aromatic heterocycles. The van der Waals surface area contributed by atoms with Crippen molar-refractivity contribution in [3.63, 3.8) is 0 Å². The van der Waals surface area contributed by atoms with E-state index in [9.17, 15) is 0 Å². The zero-order chi connectivity index (χ0) is 17.6. The van der Waals surface area contributed by atoms with E-state index in [-0.39, 0.29) is 0 Å². The fourth-order valence-corrected chi connectivity index (χ4v) is 3.86. The largest absolute Gasteiger partial charge is 0.380 e. The van der Waals surface area contributed by atoms with Gasteiger partial charge in [-0.1, -0.05) is 47.7 Å². The van der Waals surface area contributed by atoms with Crippen molar-refractivity contribution in [2.75, 3.05) is 31.6 Å². The normalized spacial score (nSPS) is 17.6. The lowest BCUT2D eigenvalue weighted by Crippen LogP contribution is -2.24. The predicted octanol–water partition coefficient (Wildman–Crippen LogP) is 3.73. The number of nitrogens with one attached hydrogen (secondary N) is 2. The number of benzene rings is 1. The van der Waals surface area contributed by atoms with Gasteiger partial charge < -0.3 is 15.4 Å². The number of pyridine rings is 1. The molecule has 2 N–H and O–H groups in total. The van der Waals surface area contributed by atoms with Crippen molar-refractivity contribution >= 4 is 22.3 Å². The zero-order valence-electron chi connectivity index (χ0n) is 14.5. The molecule has 3 aromatic rings. The molecule has 1 unspecified atom stereocenters. The van der Waals surface area contributed by atoms with E-state index in [2.05, 4.69) is 33.8 Å². The van der Waals surface area contributed by atoms with Crippen LogP contribution in [0, 0.1) is 5.92 Å². The molecule has 5 nitrogen and oxygen atoms in total. The summed E-state index contributed by atoms with van der Waals surface area (Å²) in [6.45, 7) is 3.49. The van der Waals surface area contributed by atoms with Crippen LogP contribution in [-0.4, -0.2) is 36.3 Å². The number of thiazole rings is 1. The summed E-state index contributed by atoms with van der Waals surface area (Å²) in [6.07, 6.45) is 2.82. The van der Waals surface area contributed by atoms with Crippen LogP contribution < -0.4 is 10.6 Å². The van der Waals surface area contributed by atoms with Crippen LogP contribution in [0.4, 0.5) is 10.9 Å². The molecule has 3 heterocycles. The van der Waals surface area contributed by atoms with Crippen LogP contribution in [0.3, 0.4) is 0 Å². The summed E-state index contributed by atoms with van der Waals surface area (Å²) in [5.74, 6) is 1.30. The van der Waals surface area contributed by atoms with E-state index in [1.54, 1.807) is 11.3 Å². The van der Waals surface area contributed by atoms with Gasteiger partial charge in [0.05, 0.1) is 18.1 Å². The van der Waals surface area contributed by atoms with Crippen molar-refractivity contribution in [2.24, 2.45) is 5.92 Å². The minimum absolute atomic E-state index is 0.463. The summed E-state index contributed by atoms with van der Waals surface area (Å²) in [7, 11) is 0. The van der Waals surface area contributed by atoms with Gasteiger partial charge in [-0.15, -0.1) is 0 Å². The standard InChI is InChI=1S/C20H22N4OS/c1-2-5-16(6-3-1)18-13-22-20(26-18)24-19-8-4-7-17(23-19)11-15-12-21-9-10-25-14-15/h1-8,13,15,21H,9-12,14H2,(H,22,23,24). The highest BCUT2D eigenvalue weighted by atomic mass is 32.1. The van der Waals surface area contributed by atoms with Crippen LogP contribution in [0.2, 0.25) is 0 Å². The summed E-state index contributed by atoms with van der Waals surface area (Å²) < 4.78 is 5.64. The van der Waals surface area contributed by atoms with Gasteiger partial charge in [0.2, 0.25) is 0 Å². The molecule has 1 fully saturated rings. The van der Waals surface area contributed by atoms with Crippen LogP contribution in [0.5, 0.6) is 0 Å². The van der Waals surface area contributed by atoms with E-state index in [4.69, 9.17) is 9.72 Å². The van der Waals surface area contributed by atoms with E-state index in [1.807, 2.05) is 36.5 Å². The summed E-state index contributed by atoms with van der Waals surface area (Å²) in [5, 5.41) is 7.60. The van der Waals surface area contributed by atoms with Crippen LogP contribution in [-0.2, 0) is 11.2 Å². The summed E-state index contributed by atoms with van der Waals surface area (Å²) in [5.41, 5.74) is 2.26. The first-order chi connectivity index (χ1) is 12.9. The molecule has 0 amide bonds. The first-order valence-electron chi connectivity index (χ1n) is 8.89. The Bertz CT molecular complexity index is 829. The van der Waals surface area contributed by atoms with Crippen molar-refractivity contribution in [1.82, 2.24) is 15.3 Å². The maximum Gasteiger partial charge on any atom is 0.188 e. The van der Waals surface area contributed by atoms with E-state index in [1.165, 1.54) is 5.56 Å². The Labute approximate surface area is 157 Å². The van der Waals surface area contributed by atoms with Crippen LogP contribution in [0.25, 0.3) is 10.4 Å². The van der Waals surface area contributed by atoms with Crippen LogP contribution >= 0.6 is 11.3 Å². The van der Waals surface area contributed by atoms with E-state index >= 15 is 0 Å². The van der Waals surface area contributed by atoms with Crippen molar-refractivity contribution < 1.29 is 4.74 Å². The van der Waals surface area contributed by atoms with Gasteiger partial charge in [0.15, 0.2) is 5.13 Å². The molecule has 0 spiro atoms. The Hall–Kier alpha value is -2.28. The summed E-state index contributed by atoms with van der Waals surface area (Å²) in [6, 6.07) is 16.4. The van der Waals surface area contributed by atoms with Gasteiger partial charge in [-0.25, -0.2) is 9.97 Å². The molecule has 1 aromatic carbocycles. The topological polar surface area (TPSA) is 59.1 Å². The number of anilines is 2. The summed E-state index contributed by atoms with van der Waals surface area (Å²) >= 11 is 1.63. The molecular formula is C20H22N4OS. The lowest BCUT2D eigenvalue weighted by molar-refractivity contribution is 0.123. The maximum absolute atomic E-state index is 5.64. The van der Waals surface area contributed by atoms with Crippen LogP contribution in [0.1, 0.15) is 5.69 Å². The van der Waals surface area contributed by atoms with Gasteiger partial charge in [-0.05, 0) is 24.1 Å². The fourth-order valence-electron chi connectivity index (χ4n) is 3.03. The molecule has 0 bridgehead atoms. The van der Waals surface area contributed by atoms with Crippen molar-refractivity contribution in [3.8, 4) is 10.4 Å². The SMILES string of the molecule is c1ccc(-c2cnc(Nc3cccc(CC4CNCCOC4)n3)s2)cc1. The summed E-state index contributed by atoms with van der Waals surface area (Å²) in [4.78, 5) is 10.4. The van der Waals surface area contributed by atoms with Crippen LogP contribution in [0.15, 0.2) is 54.7 Å². The molecule has 1 aliphatic heterocycles. The molecule has 6 heteroatoms. The average Bonchev–Trinajstić information content (AvgIpc) is 2.98. The highest BCUT2D eigenvalue weighted by molar-refractivity contribution is 7.18. The lowest BCUT2D eigenvalue weighted by Gasteiger charge is -2.13. The Kier molecular flexibility index (Phi) is 5.54. The number of hydrogen-bond acceptors (Lipinski definition) is 6. The average molecular weight is 366 g/mol. The smallest absolute Gasteiger partial charge is 0.188 e. The third-order valence-corrected chi connectivity index (χ3v) is 5.28. The van der Waals surface area contributed by atoms with Gasteiger partial charge in [-0.3, -0.25) is 0 Å². The second kappa shape index (κ2) is 8.40. The Morgan fingerprint density at radius 2 is 2.08 bits per heavy atom. The third kappa shape index (κ3) is 4.46. The molecule has 1 atom stereocenters. The quantitative estimate of drug-likeness (QED) is 0.721. The second-order valence-electron chi connectivity index (χ2n) is 6.38. The molecule has 26 heavy (non-hydrogen) atoms. The first kappa shape index (κ1) is 17.1. The number of rotatable bonds is 5. The molecule has 0 radical (unpaired) electrons. The third-order valence-electron chi connectivity index (χ3n) is 4.31. The molecule has 134 valence electrons. The van der Waals surface area contributed by atoms with Crippen molar-refractivity contribution in [1.29, 1.82) is 0 Å². The minimum Gasteiger partial charge on any atom is -0.380 e. The van der Waals surface area contributed by atoms with Gasteiger partial charge in [0.25, 0.3) is 0 Å². The highest BCUT2D eigenvalue weighted by Gasteiger charge is 2.14. The zero-order valence-corrected chi connectivity index (χ0v) is 15.3. The molecule has 1 saturated heterocycles. The molecule has 1 aliphatic rings. The predicted molar refractivity (Wildman–Crippen MR) is 106 cm³/mol. The van der Waals surface area contributed by atoms with Gasteiger partial charge in [0.1, 0.15) is 5.82 Å². The van der Waals surface area contributed by atoms with Gasteiger partial charge in [0, 0.05) is 30.9 Å². The van der Waals surface area contributed by atoms with Crippen molar-refractivity contribution in [3.05, 3.63) is 60.4 Å². The maximum atomic E-state index is 5.64. The van der Waals surface area contributed by atoms with Gasteiger partial charge >= 0.3 is 0 Å². The minimum atomic E-state index is 0.463. The van der Waals surface area contributed by atoms with Gasteiger partial charge in [-0.2, -0.15) is 0 Å². The number of nitrogens with zero attached hydrogens (tertiary/aromatic N) is 2. The number of aromatic nitrogens is 2. The van der Waals surface area contributed by atoms with E-state index in [0.29, 0.717) is 5.92 Å².